The molecule has 1 aromatic heterocycles. The van der Waals surface area contributed by atoms with Crippen LogP contribution in [0.3, 0.4) is 0 Å². The number of hydrogen-bond donors (Lipinski definition) is 3. The number of carbonyl (C=O) groups excluding carboxylic acids is 1. The van der Waals surface area contributed by atoms with Crippen LogP contribution in [0.1, 0.15) is 10.5 Å². The fourth-order valence-electron chi connectivity index (χ4n) is 1.38. The monoisotopic (exact) mass is 266 g/mol. The Labute approximate surface area is 104 Å². The molecule has 19 heavy (non-hydrogen) atoms. The third-order valence-corrected chi connectivity index (χ3v) is 2.19. The number of hydrogen-bond acceptors (Lipinski definition) is 6. The number of halogens is 1. The van der Waals surface area contributed by atoms with Crippen molar-refractivity contribution in [1.29, 1.82) is 0 Å². The molecule has 98 valence electrons. The van der Waals surface area contributed by atoms with E-state index in [4.69, 9.17) is 5.73 Å². The van der Waals surface area contributed by atoms with Gasteiger partial charge in [0.25, 0.3) is 11.6 Å². The molecule has 0 atom stereocenters. The molecule has 2 aromatic rings. The van der Waals surface area contributed by atoms with Crippen LogP contribution in [0.15, 0.2) is 18.2 Å². The minimum atomic E-state index is -0.860. The molecule has 0 saturated carbocycles. The van der Waals surface area contributed by atoms with Gasteiger partial charge in [0.05, 0.1) is 11.0 Å². The summed E-state index contributed by atoms with van der Waals surface area (Å²) in [4.78, 5) is 21.0. The molecule has 0 aliphatic heterocycles. The van der Waals surface area contributed by atoms with E-state index in [1.165, 1.54) is 0 Å². The second kappa shape index (κ2) is 4.68. The summed E-state index contributed by atoms with van der Waals surface area (Å²) >= 11 is 0. The van der Waals surface area contributed by atoms with Crippen molar-refractivity contribution in [2.45, 2.75) is 0 Å². The molecule has 9 nitrogen and oxygen atoms in total. The summed E-state index contributed by atoms with van der Waals surface area (Å²) in [7, 11) is 0. The number of nitro benzene ring substituents is 1. The highest BCUT2D eigenvalue weighted by Crippen LogP contribution is 2.28. The first kappa shape index (κ1) is 12.4. The molecule has 1 aromatic carbocycles. The van der Waals surface area contributed by atoms with Gasteiger partial charge in [-0.15, -0.1) is 10.2 Å². The lowest BCUT2D eigenvalue weighted by molar-refractivity contribution is -0.384. The fourth-order valence-corrected chi connectivity index (χ4v) is 1.38. The summed E-state index contributed by atoms with van der Waals surface area (Å²) in [6, 6.07) is 2.92. The van der Waals surface area contributed by atoms with Gasteiger partial charge in [-0.2, -0.15) is 5.21 Å². The number of H-pyrrole nitrogens is 1. The maximum Gasteiger partial charge on any atom is 0.295 e. The summed E-state index contributed by atoms with van der Waals surface area (Å²) < 4.78 is 13.0. The van der Waals surface area contributed by atoms with Gasteiger partial charge in [0.2, 0.25) is 0 Å². The van der Waals surface area contributed by atoms with Crippen LogP contribution < -0.4 is 11.1 Å². The van der Waals surface area contributed by atoms with E-state index in [9.17, 15) is 19.3 Å². The molecule has 1 amide bonds. The molecule has 0 aliphatic rings. The summed E-state index contributed by atoms with van der Waals surface area (Å²) in [5.74, 6) is -1.70. The third-order valence-electron chi connectivity index (χ3n) is 2.19. The highest BCUT2D eigenvalue weighted by atomic mass is 19.1. The van der Waals surface area contributed by atoms with Crippen molar-refractivity contribution in [3.05, 3.63) is 39.8 Å². The first-order valence-electron chi connectivity index (χ1n) is 4.90. The van der Waals surface area contributed by atoms with Gasteiger partial charge in [-0.3, -0.25) is 14.9 Å². The van der Waals surface area contributed by atoms with Crippen molar-refractivity contribution in [1.82, 2.24) is 15.4 Å². The lowest BCUT2D eigenvalue weighted by Crippen LogP contribution is -2.13. The average Bonchev–Trinajstić information content (AvgIpc) is 2.79. The number of amides is 1. The Kier molecular flexibility index (Phi) is 3.06. The predicted octanol–water partition coefficient (Wildman–Crippen LogP) is 0.694. The largest absolute Gasteiger partial charge is 0.364 e. The van der Waals surface area contributed by atoms with Crippen molar-refractivity contribution in [3.63, 3.8) is 0 Å². The van der Waals surface area contributed by atoms with Crippen LogP contribution in [0.25, 0.3) is 0 Å². The zero-order valence-corrected chi connectivity index (χ0v) is 9.25. The lowest BCUT2D eigenvalue weighted by atomic mass is 10.2. The number of nitro groups is 1. The lowest BCUT2D eigenvalue weighted by Gasteiger charge is -2.04. The smallest absolute Gasteiger partial charge is 0.295 e. The number of aromatic amines is 1. The van der Waals surface area contributed by atoms with Crippen LogP contribution in [0, 0.1) is 15.9 Å². The molecule has 0 saturated heterocycles. The first-order valence-corrected chi connectivity index (χ1v) is 4.90. The summed E-state index contributed by atoms with van der Waals surface area (Å²) in [5, 5.41) is 22.5. The number of nitrogens with two attached hydrogens (primary N) is 1. The normalized spacial score (nSPS) is 10.2. The number of carbonyl (C=O) groups is 1. The molecule has 0 fully saturated rings. The number of nitrogens with one attached hydrogen (secondary N) is 2. The van der Waals surface area contributed by atoms with E-state index in [2.05, 4.69) is 20.7 Å². The van der Waals surface area contributed by atoms with Gasteiger partial charge in [-0.1, -0.05) is 0 Å². The maximum atomic E-state index is 13.0. The fraction of sp³-hybridized carbons (Fsp3) is 0. The Morgan fingerprint density at radius 2 is 2.21 bits per heavy atom. The molecule has 0 radical (unpaired) electrons. The van der Waals surface area contributed by atoms with E-state index in [0.29, 0.717) is 0 Å². The summed E-state index contributed by atoms with van der Waals surface area (Å²) in [6.07, 6.45) is 0. The number of benzene rings is 1. The van der Waals surface area contributed by atoms with Crippen LogP contribution in [0.5, 0.6) is 0 Å². The van der Waals surface area contributed by atoms with Crippen LogP contribution in [-0.2, 0) is 0 Å². The van der Waals surface area contributed by atoms with Gasteiger partial charge >= 0.3 is 0 Å². The van der Waals surface area contributed by atoms with E-state index < -0.39 is 22.3 Å². The Hall–Kier alpha value is -3.04. The van der Waals surface area contributed by atoms with Crippen LogP contribution >= 0.6 is 0 Å². The molecule has 0 spiro atoms. The quantitative estimate of drug-likeness (QED) is 0.549. The van der Waals surface area contributed by atoms with Gasteiger partial charge in [-0.05, 0) is 12.1 Å². The molecule has 0 unspecified atom stereocenters. The Morgan fingerprint density at radius 3 is 2.84 bits per heavy atom. The summed E-state index contributed by atoms with van der Waals surface area (Å²) in [6.45, 7) is 0. The number of anilines is 2. The van der Waals surface area contributed by atoms with Gasteiger partial charge in [0, 0.05) is 0 Å². The number of aromatic nitrogens is 3. The van der Waals surface area contributed by atoms with E-state index in [1.54, 1.807) is 0 Å². The van der Waals surface area contributed by atoms with Gasteiger partial charge in [0.1, 0.15) is 11.5 Å². The van der Waals surface area contributed by atoms with E-state index in [-0.39, 0.29) is 17.2 Å². The summed E-state index contributed by atoms with van der Waals surface area (Å²) in [5.41, 5.74) is 4.29. The SMILES string of the molecule is NC(=O)c1n[nH]nc1Nc1ccc(F)cc1[N+](=O)[O-]. The third kappa shape index (κ3) is 2.46. The standard InChI is InChI=1S/C9H7FN6O3/c10-4-1-2-5(6(3-4)16(18)19)12-9-7(8(11)17)13-15-14-9/h1-3H,(H2,11,17)(H2,12,13,14,15). The zero-order valence-electron chi connectivity index (χ0n) is 9.25. The minimum Gasteiger partial charge on any atom is -0.364 e. The highest BCUT2D eigenvalue weighted by Gasteiger charge is 2.19. The predicted molar refractivity (Wildman–Crippen MR) is 61.2 cm³/mol. The molecular weight excluding hydrogens is 259 g/mol. The van der Waals surface area contributed by atoms with Crippen molar-refractivity contribution >= 4 is 23.1 Å². The van der Waals surface area contributed by atoms with E-state index in [0.717, 1.165) is 18.2 Å². The molecule has 0 aliphatic carbocycles. The molecule has 0 bridgehead atoms. The first-order chi connectivity index (χ1) is 8.99. The van der Waals surface area contributed by atoms with Gasteiger partial charge < -0.3 is 11.1 Å². The number of primary amides is 1. The molecular formula is C9H7FN6O3. The Bertz CT molecular complexity index is 655. The van der Waals surface area contributed by atoms with Crippen molar-refractivity contribution in [2.24, 2.45) is 5.73 Å². The van der Waals surface area contributed by atoms with Crippen LogP contribution in [0.2, 0.25) is 0 Å². The molecule has 1 heterocycles. The molecule has 2 rings (SSSR count). The van der Waals surface area contributed by atoms with Crippen molar-refractivity contribution < 1.29 is 14.1 Å². The minimum absolute atomic E-state index is 0.0391. The second-order valence-corrected chi connectivity index (χ2v) is 3.43. The van der Waals surface area contributed by atoms with Crippen LogP contribution in [0.4, 0.5) is 21.6 Å². The Morgan fingerprint density at radius 1 is 1.47 bits per heavy atom. The van der Waals surface area contributed by atoms with Gasteiger partial charge in [-0.25, -0.2) is 4.39 Å². The van der Waals surface area contributed by atoms with E-state index >= 15 is 0 Å². The topological polar surface area (TPSA) is 140 Å². The van der Waals surface area contributed by atoms with E-state index in [1.807, 2.05) is 0 Å². The molecule has 10 heteroatoms. The average molecular weight is 266 g/mol. The zero-order chi connectivity index (χ0) is 14.0. The van der Waals surface area contributed by atoms with Crippen molar-refractivity contribution in [2.75, 3.05) is 5.32 Å². The Balaban J connectivity index is 2.41. The highest BCUT2D eigenvalue weighted by molar-refractivity contribution is 5.96. The number of nitrogens with zero attached hydrogens (tertiary/aromatic N) is 3. The van der Waals surface area contributed by atoms with Crippen LogP contribution in [-0.4, -0.2) is 26.2 Å². The second-order valence-electron chi connectivity index (χ2n) is 3.43. The van der Waals surface area contributed by atoms with Crippen molar-refractivity contribution in [3.8, 4) is 0 Å². The number of rotatable bonds is 4. The molecule has 4 N–H and O–H groups in total. The van der Waals surface area contributed by atoms with Gasteiger partial charge in [0.15, 0.2) is 11.5 Å². The maximum absolute atomic E-state index is 13.0.